The van der Waals surface area contributed by atoms with E-state index in [0.29, 0.717) is 29.0 Å². The maximum Gasteiger partial charge on any atom is 0.339 e. The zero-order valence-corrected chi connectivity index (χ0v) is 15.4. The molecular formula is C22H19N3O3. The molecular weight excluding hydrogens is 354 g/mol. The molecule has 0 spiro atoms. The molecule has 1 aliphatic rings. The van der Waals surface area contributed by atoms with E-state index in [-0.39, 0.29) is 5.91 Å². The number of amides is 1. The summed E-state index contributed by atoms with van der Waals surface area (Å²) in [6, 6.07) is 16.7. The van der Waals surface area contributed by atoms with E-state index in [1.807, 2.05) is 30.3 Å². The predicted molar refractivity (Wildman–Crippen MR) is 107 cm³/mol. The van der Waals surface area contributed by atoms with Crippen molar-refractivity contribution < 1.29 is 14.3 Å². The van der Waals surface area contributed by atoms with Crippen LogP contribution in [0.1, 0.15) is 26.3 Å². The van der Waals surface area contributed by atoms with Crippen molar-refractivity contribution in [2.75, 3.05) is 23.9 Å². The highest BCUT2D eigenvalue weighted by Crippen LogP contribution is 2.29. The molecule has 0 saturated heterocycles. The molecule has 0 saturated carbocycles. The van der Waals surface area contributed by atoms with Crippen LogP contribution in [0.5, 0.6) is 0 Å². The number of methoxy groups -OCH3 is 1. The van der Waals surface area contributed by atoms with Crippen LogP contribution in [0.25, 0.3) is 0 Å². The maximum absolute atomic E-state index is 13.0. The van der Waals surface area contributed by atoms with Crippen molar-refractivity contribution >= 4 is 28.9 Å². The van der Waals surface area contributed by atoms with Gasteiger partial charge in [0.1, 0.15) is 0 Å². The van der Waals surface area contributed by atoms with Gasteiger partial charge in [-0.3, -0.25) is 9.78 Å². The fourth-order valence-corrected chi connectivity index (χ4v) is 3.37. The van der Waals surface area contributed by atoms with Crippen LogP contribution in [0.2, 0.25) is 0 Å². The van der Waals surface area contributed by atoms with Gasteiger partial charge in [-0.05, 0) is 36.2 Å². The van der Waals surface area contributed by atoms with E-state index >= 15 is 0 Å². The van der Waals surface area contributed by atoms with Gasteiger partial charge in [0.05, 0.1) is 35.8 Å². The molecule has 2 heterocycles. The minimum absolute atomic E-state index is 0.0950. The maximum atomic E-state index is 13.0. The first kappa shape index (κ1) is 17.7. The fraction of sp³-hybridized carbons (Fsp3) is 0.136. The van der Waals surface area contributed by atoms with Crippen molar-refractivity contribution in [3.8, 4) is 0 Å². The molecule has 1 amide bonds. The molecule has 28 heavy (non-hydrogen) atoms. The van der Waals surface area contributed by atoms with Crippen LogP contribution >= 0.6 is 0 Å². The van der Waals surface area contributed by atoms with Gasteiger partial charge in [-0.1, -0.05) is 30.3 Å². The third-order valence-corrected chi connectivity index (χ3v) is 4.73. The molecule has 1 aliphatic heterocycles. The Labute approximate surface area is 162 Å². The Kier molecular flexibility index (Phi) is 4.76. The summed E-state index contributed by atoms with van der Waals surface area (Å²) in [4.78, 5) is 30.9. The Hall–Kier alpha value is -3.67. The number of nitrogens with one attached hydrogen (secondary N) is 1. The molecule has 1 aromatic heterocycles. The smallest absolute Gasteiger partial charge is 0.339 e. The zero-order valence-electron chi connectivity index (χ0n) is 15.4. The molecule has 6 nitrogen and oxygen atoms in total. The third kappa shape index (κ3) is 3.32. The van der Waals surface area contributed by atoms with Gasteiger partial charge in [0, 0.05) is 18.4 Å². The van der Waals surface area contributed by atoms with Crippen LogP contribution in [-0.2, 0) is 11.2 Å². The van der Waals surface area contributed by atoms with Crippen molar-refractivity contribution in [2.45, 2.75) is 6.42 Å². The number of anilines is 3. The van der Waals surface area contributed by atoms with E-state index in [4.69, 9.17) is 4.74 Å². The van der Waals surface area contributed by atoms with Crippen LogP contribution in [-0.4, -0.2) is 30.5 Å². The molecule has 3 aromatic rings. The van der Waals surface area contributed by atoms with Crippen LogP contribution in [0.4, 0.5) is 17.1 Å². The highest BCUT2D eigenvalue weighted by atomic mass is 16.5. The van der Waals surface area contributed by atoms with Crippen molar-refractivity contribution in [3.63, 3.8) is 0 Å². The molecule has 0 unspecified atom stereocenters. The van der Waals surface area contributed by atoms with E-state index in [1.54, 1.807) is 41.6 Å². The second-order valence-electron chi connectivity index (χ2n) is 6.46. The highest BCUT2D eigenvalue weighted by molar-refractivity contribution is 6.07. The molecule has 0 aliphatic carbocycles. The summed E-state index contributed by atoms with van der Waals surface area (Å²) in [5, 5.41) is 3.16. The van der Waals surface area contributed by atoms with Crippen molar-refractivity contribution in [2.24, 2.45) is 0 Å². The Balaban J connectivity index is 1.60. The first-order valence-electron chi connectivity index (χ1n) is 8.96. The number of nitrogens with zero attached hydrogens (tertiary/aromatic N) is 2. The van der Waals surface area contributed by atoms with E-state index in [2.05, 4.69) is 10.3 Å². The molecule has 6 heteroatoms. The average Bonchev–Trinajstić information content (AvgIpc) is 3.17. The largest absolute Gasteiger partial charge is 0.465 e. The first-order chi connectivity index (χ1) is 13.7. The standard InChI is InChI=1S/C22H19N3O3/c1-28-22(27)18-7-3-4-8-19(18)24-17-12-16(13-23-14-17)21(26)25-11-10-15-6-2-5-9-20(15)25/h2-9,12-14,24H,10-11H2,1H3. The van der Waals surface area contributed by atoms with Crippen LogP contribution in [0, 0.1) is 0 Å². The summed E-state index contributed by atoms with van der Waals surface area (Å²) in [6.45, 7) is 0.654. The summed E-state index contributed by atoms with van der Waals surface area (Å²) >= 11 is 0. The number of hydrogen-bond acceptors (Lipinski definition) is 5. The Morgan fingerprint density at radius 3 is 2.71 bits per heavy atom. The lowest BCUT2D eigenvalue weighted by atomic mass is 10.1. The number of hydrogen-bond donors (Lipinski definition) is 1. The lowest BCUT2D eigenvalue weighted by molar-refractivity contribution is 0.0601. The van der Waals surface area contributed by atoms with Crippen LogP contribution < -0.4 is 10.2 Å². The van der Waals surface area contributed by atoms with E-state index in [1.165, 1.54) is 12.7 Å². The van der Waals surface area contributed by atoms with Gasteiger partial charge < -0.3 is 15.0 Å². The average molecular weight is 373 g/mol. The van der Waals surface area contributed by atoms with Crippen molar-refractivity contribution in [3.05, 3.63) is 83.7 Å². The normalized spacial score (nSPS) is 12.4. The number of ether oxygens (including phenoxy) is 1. The first-order valence-corrected chi connectivity index (χ1v) is 8.96. The summed E-state index contributed by atoms with van der Waals surface area (Å²) < 4.78 is 4.82. The highest BCUT2D eigenvalue weighted by Gasteiger charge is 2.25. The number of aromatic nitrogens is 1. The van der Waals surface area contributed by atoms with Crippen molar-refractivity contribution in [1.82, 2.24) is 4.98 Å². The van der Waals surface area contributed by atoms with Crippen molar-refractivity contribution in [1.29, 1.82) is 0 Å². The minimum Gasteiger partial charge on any atom is -0.465 e. The van der Waals surface area contributed by atoms with E-state index < -0.39 is 5.97 Å². The van der Waals surface area contributed by atoms with Gasteiger partial charge in [-0.2, -0.15) is 0 Å². The second-order valence-corrected chi connectivity index (χ2v) is 6.46. The Morgan fingerprint density at radius 1 is 1.07 bits per heavy atom. The third-order valence-electron chi connectivity index (χ3n) is 4.73. The number of carbonyl (C=O) groups excluding carboxylic acids is 2. The SMILES string of the molecule is COC(=O)c1ccccc1Nc1cncc(C(=O)N2CCc3ccccc32)c1. The number of esters is 1. The quantitative estimate of drug-likeness (QED) is 0.704. The van der Waals surface area contributed by atoms with Gasteiger partial charge in [0.15, 0.2) is 0 Å². The molecule has 0 radical (unpaired) electrons. The summed E-state index contributed by atoms with van der Waals surface area (Å²) in [5.74, 6) is -0.528. The van der Waals surface area contributed by atoms with Gasteiger partial charge in [-0.25, -0.2) is 4.79 Å². The Morgan fingerprint density at radius 2 is 1.86 bits per heavy atom. The van der Waals surface area contributed by atoms with Gasteiger partial charge in [-0.15, -0.1) is 0 Å². The fourth-order valence-electron chi connectivity index (χ4n) is 3.37. The van der Waals surface area contributed by atoms with Gasteiger partial charge >= 0.3 is 5.97 Å². The monoisotopic (exact) mass is 373 g/mol. The molecule has 0 bridgehead atoms. The zero-order chi connectivity index (χ0) is 19.5. The summed E-state index contributed by atoms with van der Waals surface area (Å²) in [7, 11) is 1.34. The number of para-hydroxylation sites is 2. The lowest BCUT2D eigenvalue weighted by Gasteiger charge is -2.18. The molecule has 1 N–H and O–H groups in total. The number of pyridine rings is 1. The predicted octanol–water partition coefficient (Wildman–Crippen LogP) is 3.81. The molecule has 4 rings (SSSR count). The number of carbonyl (C=O) groups is 2. The van der Waals surface area contributed by atoms with E-state index in [0.717, 1.165) is 12.1 Å². The summed E-state index contributed by atoms with van der Waals surface area (Å²) in [6.07, 6.45) is 4.02. The Bertz CT molecular complexity index is 1050. The molecule has 0 atom stereocenters. The van der Waals surface area contributed by atoms with Gasteiger partial charge in [0.25, 0.3) is 5.91 Å². The lowest BCUT2D eigenvalue weighted by Crippen LogP contribution is -2.29. The second kappa shape index (κ2) is 7.52. The summed E-state index contributed by atoms with van der Waals surface area (Å²) in [5.41, 5.74) is 4.22. The molecule has 0 fully saturated rings. The van der Waals surface area contributed by atoms with Crippen LogP contribution in [0.15, 0.2) is 67.0 Å². The molecule has 140 valence electrons. The minimum atomic E-state index is -0.433. The van der Waals surface area contributed by atoms with Crippen LogP contribution in [0.3, 0.4) is 0 Å². The molecule has 2 aromatic carbocycles. The van der Waals surface area contributed by atoms with Gasteiger partial charge in [0.2, 0.25) is 0 Å². The van der Waals surface area contributed by atoms with E-state index in [9.17, 15) is 9.59 Å². The number of fused-ring (bicyclic) bond motifs is 1. The topological polar surface area (TPSA) is 71.5 Å². The number of benzene rings is 2. The number of rotatable bonds is 4.